The molecule has 6 atom stereocenters. The number of carbonyl (C=O) groups is 2. The number of hydrogen-bond donors (Lipinski definition) is 4. The fourth-order valence-electron chi connectivity index (χ4n) is 8.60. The van der Waals surface area contributed by atoms with Crippen molar-refractivity contribution in [2.45, 2.75) is 301 Å². The van der Waals surface area contributed by atoms with Crippen molar-refractivity contribution in [1.29, 1.82) is 0 Å². The molecule has 0 saturated carbocycles. The summed E-state index contributed by atoms with van der Waals surface area (Å²) in [6, 6.07) is 0. The van der Waals surface area contributed by atoms with E-state index in [9.17, 15) is 30.0 Å². The van der Waals surface area contributed by atoms with Gasteiger partial charge in [-0.1, -0.05) is 225 Å². The Kier molecular flexibility index (Phi) is 42.7. The van der Waals surface area contributed by atoms with Gasteiger partial charge in [0.15, 0.2) is 12.4 Å². The van der Waals surface area contributed by atoms with Gasteiger partial charge in [0.1, 0.15) is 31.0 Å². The number of aliphatic hydroxyl groups excluding tert-OH is 4. The van der Waals surface area contributed by atoms with E-state index in [-0.39, 0.29) is 32.0 Å². The molecule has 0 aromatic heterocycles. The molecule has 1 heterocycles. The summed E-state index contributed by atoms with van der Waals surface area (Å²) >= 11 is 0. The second kappa shape index (κ2) is 45.2. The average molecular weight is 911 g/mol. The van der Waals surface area contributed by atoms with Gasteiger partial charge in [-0.25, -0.2) is 0 Å². The zero-order chi connectivity index (χ0) is 46.6. The van der Waals surface area contributed by atoms with Crippen LogP contribution in [0.1, 0.15) is 264 Å². The van der Waals surface area contributed by atoms with Crippen molar-refractivity contribution in [3.63, 3.8) is 0 Å². The maximum Gasteiger partial charge on any atom is 0.306 e. The molecule has 1 rings (SSSR count). The van der Waals surface area contributed by atoms with E-state index < -0.39 is 49.4 Å². The standard InChI is InChI=1S/C54H102O10/c1-3-5-7-9-11-13-15-17-19-21-23-24-25-27-28-30-32-34-36-38-40-42-49(56)61-45-47(46-62-54-53(60)52(59)51(58)48(44-55)64-54)63-50(57)43-41-39-37-35-33-31-29-26-22-20-18-16-14-12-10-8-6-4-2/h17,19,47-48,51-55,58-60H,3-16,18,20-46H2,1-2H3/b19-17+/t47-,48-,51+,52?,53?,54-/m0/s1. The molecule has 2 unspecified atom stereocenters. The van der Waals surface area contributed by atoms with Gasteiger partial charge in [0, 0.05) is 12.8 Å². The molecule has 10 nitrogen and oxygen atoms in total. The fourth-order valence-corrected chi connectivity index (χ4v) is 8.60. The Balaban J connectivity index is 2.22. The lowest BCUT2D eigenvalue weighted by Crippen LogP contribution is -2.59. The molecule has 0 spiro atoms. The summed E-state index contributed by atoms with van der Waals surface area (Å²) in [5.41, 5.74) is 0. The third kappa shape index (κ3) is 35.6. The van der Waals surface area contributed by atoms with Crippen LogP contribution >= 0.6 is 0 Å². The molecule has 1 aliphatic rings. The van der Waals surface area contributed by atoms with E-state index in [2.05, 4.69) is 26.0 Å². The lowest BCUT2D eigenvalue weighted by Gasteiger charge is -2.39. The number of ether oxygens (including phenoxy) is 4. The van der Waals surface area contributed by atoms with Crippen molar-refractivity contribution in [3.05, 3.63) is 12.2 Å². The molecule has 10 heteroatoms. The SMILES string of the molecule is CCCCCCCC/C=C/CCCCCCCCCCCCCC(=O)OC[C@@H](CO[C@H]1O[C@@H](CO)[C@@H](O)C(O)C1O)OC(=O)CCCCCCCCCCCCCCCCCCCC. The Morgan fingerprint density at radius 1 is 0.469 bits per heavy atom. The number of allylic oxidation sites excluding steroid dienone is 2. The Bertz CT molecular complexity index is 1050. The van der Waals surface area contributed by atoms with E-state index in [1.807, 2.05) is 0 Å². The lowest BCUT2D eigenvalue weighted by molar-refractivity contribution is -0.305. The van der Waals surface area contributed by atoms with Gasteiger partial charge in [0.2, 0.25) is 0 Å². The van der Waals surface area contributed by atoms with Crippen molar-refractivity contribution in [3.8, 4) is 0 Å². The molecule has 0 radical (unpaired) electrons. The van der Waals surface area contributed by atoms with E-state index in [1.165, 1.54) is 193 Å². The van der Waals surface area contributed by atoms with Crippen LogP contribution < -0.4 is 0 Å². The number of aliphatic hydroxyl groups is 4. The van der Waals surface area contributed by atoms with Gasteiger partial charge >= 0.3 is 11.9 Å². The van der Waals surface area contributed by atoms with E-state index in [0.29, 0.717) is 6.42 Å². The van der Waals surface area contributed by atoms with Crippen molar-refractivity contribution in [2.24, 2.45) is 0 Å². The zero-order valence-electron chi connectivity index (χ0n) is 41.6. The molecule has 4 N–H and O–H groups in total. The zero-order valence-corrected chi connectivity index (χ0v) is 41.6. The first-order valence-corrected chi connectivity index (χ1v) is 27.3. The second-order valence-corrected chi connectivity index (χ2v) is 19.0. The van der Waals surface area contributed by atoms with Crippen molar-refractivity contribution in [1.82, 2.24) is 0 Å². The highest BCUT2D eigenvalue weighted by Gasteiger charge is 2.44. The lowest BCUT2D eigenvalue weighted by atomic mass is 9.99. The maximum absolute atomic E-state index is 12.8. The minimum atomic E-state index is -1.59. The summed E-state index contributed by atoms with van der Waals surface area (Å²) in [7, 11) is 0. The molecule has 0 amide bonds. The minimum Gasteiger partial charge on any atom is -0.462 e. The second-order valence-electron chi connectivity index (χ2n) is 19.0. The van der Waals surface area contributed by atoms with Crippen molar-refractivity contribution < 1.29 is 49.0 Å². The number of carbonyl (C=O) groups excluding carboxylic acids is 2. The van der Waals surface area contributed by atoms with Gasteiger partial charge in [-0.15, -0.1) is 0 Å². The number of esters is 2. The van der Waals surface area contributed by atoms with E-state index >= 15 is 0 Å². The quantitative estimate of drug-likeness (QED) is 0.0264. The topological polar surface area (TPSA) is 152 Å². The van der Waals surface area contributed by atoms with Crippen molar-refractivity contribution >= 4 is 11.9 Å². The van der Waals surface area contributed by atoms with Gasteiger partial charge in [-0.3, -0.25) is 9.59 Å². The third-order valence-electron chi connectivity index (χ3n) is 12.9. The summed E-state index contributed by atoms with van der Waals surface area (Å²) in [5.74, 6) is -0.789. The summed E-state index contributed by atoms with van der Waals surface area (Å²) < 4.78 is 22.3. The van der Waals surface area contributed by atoms with E-state index in [0.717, 1.165) is 38.5 Å². The first kappa shape index (κ1) is 60.5. The van der Waals surface area contributed by atoms with Crippen LogP contribution in [0.2, 0.25) is 0 Å². The van der Waals surface area contributed by atoms with Crippen LogP contribution in [0.5, 0.6) is 0 Å². The molecule has 64 heavy (non-hydrogen) atoms. The predicted molar refractivity (Wildman–Crippen MR) is 261 cm³/mol. The number of hydrogen-bond acceptors (Lipinski definition) is 10. The van der Waals surface area contributed by atoms with Crippen LogP contribution in [0.25, 0.3) is 0 Å². The first-order chi connectivity index (χ1) is 31.3. The molecule has 378 valence electrons. The molecular weight excluding hydrogens is 809 g/mol. The van der Waals surface area contributed by atoms with Gasteiger partial charge in [-0.05, 0) is 38.5 Å². The van der Waals surface area contributed by atoms with Crippen LogP contribution in [0.4, 0.5) is 0 Å². The molecule has 1 saturated heterocycles. The number of rotatable bonds is 47. The van der Waals surface area contributed by atoms with Gasteiger partial charge in [-0.2, -0.15) is 0 Å². The largest absolute Gasteiger partial charge is 0.462 e. The monoisotopic (exact) mass is 911 g/mol. The highest BCUT2D eigenvalue weighted by atomic mass is 16.7. The summed E-state index contributed by atoms with van der Waals surface area (Å²) in [5, 5.41) is 40.2. The molecule has 1 fully saturated rings. The fraction of sp³-hybridized carbons (Fsp3) is 0.926. The van der Waals surface area contributed by atoms with Gasteiger partial charge in [0.25, 0.3) is 0 Å². The Hall–Kier alpha value is -1.56. The molecule has 0 aromatic carbocycles. The average Bonchev–Trinajstić information content (AvgIpc) is 3.29. The van der Waals surface area contributed by atoms with Crippen LogP contribution in [0, 0.1) is 0 Å². The highest BCUT2D eigenvalue weighted by molar-refractivity contribution is 5.70. The minimum absolute atomic E-state index is 0.211. The summed E-state index contributed by atoms with van der Waals surface area (Å²) in [6.07, 6.45) is 43.6. The van der Waals surface area contributed by atoms with E-state index in [4.69, 9.17) is 18.9 Å². The first-order valence-electron chi connectivity index (χ1n) is 27.3. The Labute approximate surface area is 392 Å². The molecule has 0 aromatic rings. The van der Waals surface area contributed by atoms with E-state index in [1.54, 1.807) is 0 Å². The van der Waals surface area contributed by atoms with Crippen LogP contribution in [-0.2, 0) is 28.5 Å². The smallest absolute Gasteiger partial charge is 0.306 e. The maximum atomic E-state index is 12.8. The van der Waals surface area contributed by atoms with Crippen LogP contribution in [0.15, 0.2) is 12.2 Å². The summed E-state index contributed by atoms with van der Waals surface area (Å²) in [6.45, 7) is 3.47. The highest BCUT2D eigenvalue weighted by Crippen LogP contribution is 2.23. The molecule has 0 bridgehead atoms. The van der Waals surface area contributed by atoms with Crippen molar-refractivity contribution in [2.75, 3.05) is 19.8 Å². The Morgan fingerprint density at radius 3 is 1.22 bits per heavy atom. The van der Waals surface area contributed by atoms with Crippen LogP contribution in [-0.4, -0.2) is 89.0 Å². The van der Waals surface area contributed by atoms with Gasteiger partial charge in [0.05, 0.1) is 13.2 Å². The Morgan fingerprint density at radius 2 is 0.828 bits per heavy atom. The molecule has 1 aliphatic heterocycles. The third-order valence-corrected chi connectivity index (χ3v) is 12.9. The number of unbranched alkanes of at least 4 members (excludes halogenated alkanes) is 34. The van der Waals surface area contributed by atoms with Gasteiger partial charge < -0.3 is 39.4 Å². The normalized spacial score (nSPS) is 19.4. The predicted octanol–water partition coefficient (Wildman–Crippen LogP) is 13.1. The molecular formula is C54H102O10. The molecule has 0 aliphatic carbocycles. The van der Waals surface area contributed by atoms with Crippen LogP contribution in [0.3, 0.4) is 0 Å². The summed E-state index contributed by atoms with van der Waals surface area (Å²) in [4.78, 5) is 25.5.